The number of amides is 1. The molecule has 11 nitrogen and oxygen atoms in total. The van der Waals surface area contributed by atoms with Crippen LogP contribution in [-0.2, 0) is 16.0 Å². The van der Waals surface area contributed by atoms with Crippen LogP contribution in [0.2, 0.25) is 0 Å². The average Bonchev–Trinajstić information content (AvgIpc) is 2.92. The second-order valence-electron chi connectivity index (χ2n) is 9.56. The van der Waals surface area contributed by atoms with Crippen LogP contribution in [0.3, 0.4) is 0 Å². The number of nitrogen functional groups attached to an aromatic ring is 2. The minimum Gasteiger partial charge on any atom is -0.493 e. The van der Waals surface area contributed by atoms with E-state index in [2.05, 4.69) is 15.1 Å². The molecular formula is C28H30N6O5. The number of nitrogens with zero attached hydrogens (tertiary/aromatic N) is 4. The van der Waals surface area contributed by atoms with Gasteiger partial charge in [0.2, 0.25) is 5.95 Å². The molecule has 11 heteroatoms. The van der Waals surface area contributed by atoms with E-state index in [1.54, 1.807) is 38.4 Å². The van der Waals surface area contributed by atoms with Crippen LogP contribution in [-0.4, -0.2) is 52.4 Å². The van der Waals surface area contributed by atoms with Crippen molar-refractivity contribution in [2.45, 2.75) is 26.3 Å². The molecule has 1 unspecified atom stereocenters. The molecule has 1 aliphatic heterocycles. The van der Waals surface area contributed by atoms with E-state index in [0.29, 0.717) is 34.6 Å². The average molecular weight is 531 g/mol. The first kappa shape index (κ1) is 27.1. The molecule has 202 valence electrons. The third-order valence-corrected chi connectivity index (χ3v) is 6.60. The molecule has 5 N–H and O–H groups in total. The predicted molar refractivity (Wildman–Crippen MR) is 147 cm³/mol. The largest absolute Gasteiger partial charge is 0.493 e. The Hall–Kier alpha value is -4.93. The van der Waals surface area contributed by atoms with Crippen molar-refractivity contribution < 1.29 is 24.2 Å². The highest BCUT2D eigenvalue weighted by atomic mass is 16.5. The third-order valence-electron chi connectivity index (χ3n) is 6.60. The molecule has 0 radical (unpaired) electrons. The highest BCUT2D eigenvalue weighted by molar-refractivity contribution is 5.95. The zero-order valence-corrected chi connectivity index (χ0v) is 22.1. The quantitative estimate of drug-likeness (QED) is 0.370. The summed E-state index contributed by atoms with van der Waals surface area (Å²) in [6, 6.07) is 10.1. The first-order valence-electron chi connectivity index (χ1n) is 12.1. The van der Waals surface area contributed by atoms with Crippen molar-refractivity contribution in [1.29, 1.82) is 0 Å². The Kier molecular flexibility index (Phi) is 7.52. The number of carbonyl (C=O) groups is 2. The summed E-state index contributed by atoms with van der Waals surface area (Å²) in [5, 5.41) is 15.5. The molecular weight excluding hydrogens is 500 g/mol. The SMILES string of the molecule is COc1cc(Cc2cnc(N)nc2N)cc(/C=C/C(=O)N2N=Cc3ccccc3C2C(C)(C)C(=O)O)c1OC. The fourth-order valence-corrected chi connectivity index (χ4v) is 4.50. The highest BCUT2D eigenvalue weighted by Gasteiger charge is 2.45. The molecule has 0 bridgehead atoms. The lowest BCUT2D eigenvalue weighted by Gasteiger charge is -2.39. The van der Waals surface area contributed by atoms with Crippen molar-refractivity contribution in [3.63, 3.8) is 0 Å². The van der Waals surface area contributed by atoms with Crippen molar-refractivity contribution in [3.8, 4) is 11.5 Å². The second kappa shape index (κ2) is 10.8. The molecule has 0 aliphatic carbocycles. The van der Waals surface area contributed by atoms with Crippen molar-refractivity contribution in [2.24, 2.45) is 10.5 Å². The number of nitrogens with two attached hydrogens (primary N) is 2. The lowest BCUT2D eigenvalue weighted by molar-refractivity contribution is -0.153. The molecule has 0 saturated carbocycles. The van der Waals surface area contributed by atoms with Crippen LogP contribution in [0, 0.1) is 5.41 Å². The van der Waals surface area contributed by atoms with Gasteiger partial charge < -0.3 is 26.0 Å². The maximum Gasteiger partial charge on any atom is 0.311 e. The second-order valence-corrected chi connectivity index (χ2v) is 9.56. The van der Waals surface area contributed by atoms with Gasteiger partial charge >= 0.3 is 5.97 Å². The van der Waals surface area contributed by atoms with Gasteiger partial charge in [0.15, 0.2) is 11.5 Å². The number of hydrazone groups is 1. The van der Waals surface area contributed by atoms with Crippen molar-refractivity contribution in [2.75, 3.05) is 25.7 Å². The minimum atomic E-state index is -1.32. The fourth-order valence-electron chi connectivity index (χ4n) is 4.50. The van der Waals surface area contributed by atoms with E-state index < -0.39 is 23.3 Å². The van der Waals surface area contributed by atoms with Gasteiger partial charge in [-0.1, -0.05) is 24.3 Å². The smallest absolute Gasteiger partial charge is 0.311 e. The standard InChI is InChI=1S/C28H30N6O5/c1-28(2,26(36)37)24-20-8-6-5-7-18(20)15-32-34(24)22(35)10-9-17-11-16(13-21(38-3)23(17)39-4)12-19-14-31-27(30)33-25(19)29/h5-11,13-15,24H,12H2,1-4H3,(H,36,37)(H4,29,30,31,33)/b10-9+. The van der Waals surface area contributed by atoms with E-state index in [1.165, 1.54) is 25.3 Å². The lowest BCUT2D eigenvalue weighted by atomic mass is 9.78. The third kappa shape index (κ3) is 5.37. The fraction of sp³-hybridized carbons (Fsp3) is 0.250. The van der Waals surface area contributed by atoms with Crippen molar-refractivity contribution >= 4 is 35.9 Å². The van der Waals surface area contributed by atoms with Crippen LogP contribution >= 0.6 is 0 Å². The maximum atomic E-state index is 13.5. The van der Waals surface area contributed by atoms with Crippen LogP contribution in [0.1, 0.15) is 47.7 Å². The molecule has 1 aliphatic rings. The molecule has 2 heterocycles. The molecule has 4 rings (SSSR count). The first-order valence-corrected chi connectivity index (χ1v) is 12.1. The van der Waals surface area contributed by atoms with E-state index in [1.807, 2.05) is 30.3 Å². The van der Waals surface area contributed by atoms with E-state index in [0.717, 1.165) is 11.1 Å². The number of rotatable bonds is 8. The Morgan fingerprint density at radius 3 is 2.56 bits per heavy atom. The van der Waals surface area contributed by atoms with E-state index >= 15 is 0 Å². The number of hydrogen-bond acceptors (Lipinski definition) is 9. The lowest BCUT2D eigenvalue weighted by Crippen LogP contribution is -2.44. The zero-order chi connectivity index (χ0) is 28.3. The van der Waals surface area contributed by atoms with E-state index in [-0.39, 0.29) is 11.8 Å². The molecule has 0 spiro atoms. The maximum absolute atomic E-state index is 13.5. The van der Waals surface area contributed by atoms with Gasteiger partial charge in [-0.25, -0.2) is 9.99 Å². The number of ether oxygens (including phenoxy) is 2. The van der Waals surface area contributed by atoms with Gasteiger partial charge in [-0.05, 0) is 48.7 Å². The van der Waals surface area contributed by atoms with Gasteiger partial charge in [0.1, 0.15) is 5.82 Å². The van der Waals surface area contributed by atoms with Gasteiger partial charge in [0.05, 0.1) is 31.9 Å². The Morgan fingerprint density at radius 1 is 1.15 bits per heavy atom. The van der Waals surface area contributed by atoms with Crippen LogP contribution in [0.25, 0.3) is 6.08 Å². The van der Waals surface area contributed by atoms with Crippen LogP contribution in [0.5, 0.6) is 11.5 Å². The molecule has 2 aromatic carbocycles. The van der Waals surface area contributed by atoms with Crippen molar-refractivity contribution in [1.82, 2.24) is 15.0 Å². The number of hydrogen-bond donors (Lipinski definition) is 3. The Labute approximate surface area is 225 Å². The number of carbonyl (C=O) groups excluding carboxylic acids is 1. The number of carboxylic acid groups (broad SMARTS) is 1. The van der Waals surface area contributed by atoms with Crippen LogP contribution in [0.4, 0.5) is 11.8 Å². The summed E-state index contributed by atoms with van der Waals surface area (Å²) in [7, 11) is 3.01. The predicted octanol–water partition coefficient (Wildman–Crippen LogP) is 3.29. The number of fused-ring (bicyclic) bond motifs is 1. The van der Waals surface area contributed by atoms with Gasteiger partial charge in [-0.15, -0.1) is 0 Å². The highest BCUT2D eigenvalue weighted by Crippen LogP contribution is 2.42. The van der Waals surface area contributed by atoms with E-state index in [4.69, 9.17) is 20.9 Å². The Bertz CT molecular complexity index is 1480. The number of aromatic nitrogens is 2. The number of anilines is 2. The van der Waals surface area contributed by atoms with Crippen molar-refractivity contribution in [3.05, 3.63) is 76.5 Å². The number of aliphatic carboxylic acids is 1. The summed E-state index contributed by atoms with van der Waals surface area (Å²) in [4.78, 5) is 33.7. The summed E-state index contributed by atoms with van der Waals surface area (Å²) in [6.45, 7) is 3.15. The minimum absolute atomic E-state index is 0.0815. The molecule has 3 aromatic rings. The van der Waals surface area contributed by atoms with Gasteiger partial charge in [0.25, 0.3) is 5.91 Å². The summed E-state index contributed by atoms with van der Waals surface area (Å²) in [5.74, 6) is -0.333. The van der Waals surface area contributed by atoms with Gasteiger partial charge in [0, 0.05) is 29.8 Å². The van der Waals surface area contributed by atoms with E-state index in [9.17, 15) is 14.7 Å². The van der Waals surface area contributed by atoms with Gasteiger partial charge in [-0.2, -0.15) is 10.1 Å². The number of methoxy groups -OCH3 is 2. The molecule has 1 aromatic heterocycles. The van der Waals surface area contributed by atoms with Crippen LogP contribution < -0.4 is 20.9 Å². The Balaban J connectivity index is 1.70. The van der Waals surface area contributed by atoms with Gasteiger partial charge in [-0.3, -0.25) is 9.59 Å². The zero-order valence-electron chi connectivity index (χ0n) is 22.1. The van der Waals surface area contributed by atoms with Crippen LogP contribution in [0.15, 0.2) is 53.8 Å². The molecule has 0 saturated heterocycles. The monoisotopic (exact) mass is 530 g/mol. The summed E-state index contributed by atoms with van der Waals surface area (Å²) in [5.41, 5.74) is 13.8. The topological polar surface area (TPSA) is 166 Å². The molecule has 1 atom stereocenters. The molecule has 39 heavy (non-hydrogen) atoms. The normalized spacial score (nSPS) is 14.8. The summed E-state index contributed by atoms with van der Waals surface area (Å²) in [6.07, 6.45) is 6.40. The number of benzene rings is 2. The molecule has 0 fully saturated rings. The summed E-state index contributed by atoms with van der Waals surface area (Å²) >= 11 is 0. The molecule has 1 amide bonds. The Morgan fingerprint density at radius 2 is 1.90 bits per heavy atom. The number of carboxylic acids is 1. The summed E-state index contributed by atoms with van der Waals surface area (Å²) < 4.78 is 11.1. The first-order chi connectivity index (χ1) is 18.6.